The standard InChI is InChI=1S/C13H14F3N3O/c1-7(17-2)5-11-9-6-8(13(14,15)16)3-4-10(9)18-12(20)19-11/h3-4,6-7,17H,5H2,1-2H3,(H,18,19,20). The number of halogens is 3. The van der Waals surface area contributed by atoms with E-state index in [2.05, 4.69) is 15.3 Å². The number of rotatable bonds is 3. The molecule has 4 nitrogen and oxygen atoms in total. The Balaban J connectivity index is 2.62. The minimum absolute atomic E-state index is 0.0193. The Morgan fingerprint density at radius 3 is 2.70 bits per heavy atom. The molecule has 0 bridgehead atoms. The lowest BCUT2D eigenvalue weighted by molar-refractivity contribution is -0.137. The zero-order valence-electron chi connectivity index (χ0n) is 11.0. The maximum atomic E-state index is 12.8. The van der Waals surface area contributed by atoms with Crippen molar-refractivity contribution in [2.45, 2.75) is 25.6 Å². The van der Waals surface area contributed by atoms with Crippen LogP contribution in [0.2, 0.25) is 0 Å². The number of alkyl halides is 3. The van der Waals surface area contributed by atoms with Crippen LogP contribution in [0.1, 0.15) is 18.2 Å². The first-order valence-electron chi connectivity index (χ1n) is 6.08. The van der Waals surface area contributed by atoms with E-state index >= 15 is 0 Å². The van der Waals surface area contributed by atoms with E-state index in [9.17, 15) is 18.0 Å². The summed E-state index contributed by atoms with van der Waals surface area (Å²) in [7, 11) is 1.74. The molecule has 0 fully saturated rings. The SMILES string of the molecule is CNC(C)Cc1[nH]c(=O)nc2ccc(C(F)(F)F)cc12. The molecule has 108 valence electrons. The van der Waals surface area contributed by atoms with Crippen LogP contribution in [0.25, 0.3) is 10.9 Å². The summed E-state index contributed by atoms with van der Waals surface area (Å²) in [6.45, 7) is 1.87. The number of nitrogens with zero attached hydrogens (tertiary/aromatic N) is 1. The molecule has 7 heteroatoms. The smallest absolute Gasteiger partial charge is 0.317 e. The summed E-state index contributed by atoms with van der Waals surface area (Å²) in [5.41, 5.74) is -0.597. The quantitative estimate of drug-likeness (QED) is 0.908. The van der Waals surface area contributed by atoms with Crippen LogP contribution in [-0.4, -0.2) is 23.1 Å². The van der Waals surface area contributed by atoms with Gasteiger partial charge in [-0.15, -0.1) is 0 Å². The molecule has 0 amide bonds. The van der Waals surface area contributed by atoms with E-state index in [1.807, 2.05) is 6.92 Å². The number of H-pyrrole nitrogens is 1. The Labute approximate surface area is 113 Å². The van der Waals surface area contributed by atoms with Gasteiger partial charge in [-0.05, 0) is 32.2 Å². The van der Waals surface area contributed by atoms with Crippen molar-refractivity contribution in [2.24, 2.45) is 0 Å². The average molecular weight is 285 g/mol. The lowest BCUT2D eigenvalue weighted by Crippen LogP contribution is -2.26. The molecule has 1 aromatic heterocycles. The first kappa shape index (κ1) is 14.5. The molecule has 0 saturated heterocycles. The minimum atomic E-state index is -4.42. The third-order valence-corrected chi connectivity index (χ3v) is 3.13. The highest BCUT2D eigenvalue weighted by molar-refractivity contribution is 5.81. The third kappa shape index (κ3) is 2.98. The number of benzene rings is 1. The fourth-order valence-corrected chi connectivity index (χ4v) is 1.95. The van der Waals surface area contributed by atoms with E-state index in [4.69, 9.17) is 0 Å². The first-order valence-corrected chi connectivity index (χ1v) is 6.08. The van der Waals surface area contributed by atoms with Gasteiger partial charge >= 0.3 is 11.9 Å². The van der Waals surface area contributed by atoms with Gasteiger partial charge in [0, 0.05) is 23.5 Å². The molecule has 0 saturated carbocycles. The second kappa shape index (κ2) is 5.24. The molecular formula is C13H14F3N3O. The lowest BCUT2D eigenvalue weighted by Gasteiger charge is -2.13. The molecular weight excluding hydrogens is 271 g/mol. The molecule has 0 spiro atoms. The van der Waals surface area contributed by atoms with Crippen LogP contribution >= 0.6 is 0 Å². The molecule has 1 unspecified atom stereocenters. The predicted octanol–water partition coefficient (Wildman–Crippen LogP) is 2.09. The Bertz CT molecular complexity index is 679. The topological polar surface area (TPSA) is 57.8 Å². The fourth-order valence-electron chi connectivity index (χ4n) is 1.95. The maximum absolute atomic E-state index is 12.8. The molecule has 0 aliphatic rings. The van der Waals surface area contributed by atoms with Gasteiger partial charge in [-0.25, -0.2) is 4.79 Å². The third-order valence-electron chi connectivity index (χ3n) is 3.13. The van der Waals surface area contributed by atoms with Crippen LogP contribution in [0.15, 0.2) is 23.0 Å². The fraction of sp³-hybridized carbons (Fsp3) is 0.385. The number of aromatic nitrogens is 2. The van der Waals surface area contributed by atoms with Gasteiger partial charge in [0.25, 0.3) is 0 Å². The minimum Gasteiger partial charge on any atom is -0.317 e. The van der Waals surface area contributed by atoms with Gasteiger partial charge in [-0.1, -0.05) is 0 Å². The van der Waals surface area contributed by atoms with E-state index < -0.39 is 17.4 Å². The van der Waals surface area contributed by atoms with Crippen LogP contribution < -0.4 is 11.0 Å². The van der Waals surface area contributed by atoms with Crippen molar-refractivity contribution in [1.82, 2.24) is 15.3 Å². The van der Waals surface area contributed by atoms with Crippen molar-refractivity contribution in [1.29, 1.82) is 0 Å². The second-order valence-electron chi connectivity index (χ2n) is 4.64. The highest BCUT2D eigenvalue weighted by Gasteiger charge is 2.30. The van der Waals surface area contributed by atoms with Crippen LogP contribution in [0.3, 0.4) is 0 Å². The highest BCUT2D eigenvalue weighted by Crippen LogP contribution is 2.31. The van der Waals surface area contributed by atoms with E-state index in [0.29, 0.717) is 17.5 Å². The Morgan fingerprint density at radius 2 is 2.10 bits per heavy atom. The van der Waals surface area contributed by atoms with Crippen molar-refractivity contribution in [3.8, 4) is 0 Å². The van der Waals surface area contributed by atoms with Crippen LogP contribution in [-0.2, 0) is 12.6 Å². The van der Waals surface area contributed by atoms with Gasteiger partial charge < -0.3 is 10.3 Å². The van der Waals surface area contributed by atoms with Crippen molar-refractivity contribution >= 4 is 10.9 Å². The number of aromatic amines is 1. The number of fused-ring (bicyclic) bond motifs is 1. The second-order valence-corrected chi connectivity index (χ2v) is 4.64. The predicted molar refractivity (Wildman–Crippen MR) is 69.6 cm³/mol. The van der Waals surface area contributed by atoms with Crippen LogP contribution in [0.5, 0.6) is 0 Å². The van der Waals surface area contributed by atoms with E-state index in [1.54, 1.807) is 7.05 Å². The summed E-state index contributed by atoms with van der Waals surface area (Å²) in [6, 6.07) is 3.20. The molecule has 1 aromatic carbocycles. The van der Waals surface area contributed by atoms with Gasteiger partial charge in [0.1, 0.15) is 0 Å². The van der Waals surface area contributed by atoms with E-state index in [-0.39, 0.29) is 11.6 Å². The van der Waals surface area contributed by atoms with Gasteiger partial charge in [-0.3, -0.25) is 0 Å². The van der Waals surface area contributed by atoms with E-state index in [1.165, 1.54) is 6.07 Å². The Kier molecular flexibility index (Phi) is 3.80. The number of likely N-dealkylation sites (N-methyl/N-ethyl adjacent to an activating group) is 1. The number of hydrogen-bond acceptors (Lipinski definition) is 3. The highest BCUT2D eigenvalue weighted by atomic mass is 19.4. The zero-order valence-corrected chi connectivity index (χ0v) is 11.0. The normalized spacial score (nSPS) is 13.7. The molecule has 1 heterocycles. The summed E-state index contributed by atoms with van der Waals surface area (Å²) in [6.07, 6.45) is -4.01. The number of hydrogen-bond donors (Lipinski definition) is 2. The average Bonchev–Trinajstić information content (AvgIpc) is 2.36. The van der Waals surface area contributed by atoms with Gasteiger partial charge in [-0.2, -0.15) is 18.2 Å². The summed E-state index contributed by atoms with van der Waals surface area (Å²) < 4.78 is 38.3. The van der Waals surface area contributed by atoms with Gasteiger partial charge in [0.15, 0.2) is 0 Å². The largest absolute Gasteiger partial charge is 0.416 e. The lowest BCUT2D eigenvalue weighted by atomic mass is 10.1. The van der Waals surface area contributed by atoms with Crippen LogP contribution in [0, 0.1) is 0 Å². The van der Waals surface area contributed by atoms with Crippen molar-refractivity contribution in [3.05, 3.63) is 39.9 Å². The number of nitrogens with one attached hydrogen (secondary N) is 2. The molecule has 0 aliphatic heterocycles. The Hall–Kier alpha value is -1.89. The summed E-state index contributed by atoms with van der Waals surface area (Å²) in [5.74, 6) is 0. The van der Waals surface area contributed by atoms with Gasteiger partial charge in [0.05, 0.1) is 11.1 Å². The summed E-state index contributed by atoms with van der Waals surface area (Å²) in [5, 5.41) is 3.30. The monoisotopic (exact) mass is 285 g/mol. The molecule has 1 atom stereocenters. The molecule has 20 heavy (non-hydrogen) atoms. The van der Waals surface area contributed by atoms with Crippen molar-refractivity contribution in [3.63, 3.8) is 0 Å². The maximum Gasteiger partial charge on any atom is 0.416 e. The summed E-state index contributed by atoms with van der Waals surface area (Å²) in [4.78, 5) is 17.7. The molecule has 2 N–H and O–H groups in total. The van der Waals surface area contributed by atoms with Crippen molar-refractivity contribution < 1.29 is 13.2 Å². The molecule has 0 radical (unpaired) electrons. The van der Waals surface area contributed by atoms with Gasteiger partial charge in [0.2, 0.25) is 0 Å². The molecule has 2 aromatic rings. The zero-order chi connectivity index (χ0) is 14.9. The molecule has 0 aliphatic carbocycles. The summed E-state index contributed by atoms with van der Waals surface area (Å²) >= 11 is 0. The van der Waals surface area contributed by atoms with Crippen LogP contribution in [0.4, 0.5) is 13.2 Å². The molecule has 2 rings (SSSR count). The Morgan fingerprint density at radius 1 is 1.40 bits per heavy atom. The van der Waals surface area contributed by atoms with Crippen molar-refractivity contribution in [2.75, 3.05) is 7.05 Å². The van der Waals surface area contributed by atoms with E-state index in [0.717, 1.165) is 12.1 Å². The first-order chi connectivity index (χ1) is 9.31.